The topological polar surface area (TPSA) is 87.2 Å². The first kappa shape index (κ1) is 18.9. The van der Waals surface area contributed by atoms with E-state index in [1.807, 2.05) is 11.0 Å². The molecule has 8 heteroatoms. The molecule has 2 aromatic heterocycles. The molecule has 7 nitrogen and oxygen atoms in total. The van der Waals surface area contributed by atoms with Gasteiger partial charge < -0.3 is 4.90 Å². The smallest absolute Gasteiger partial charge is 0.279 e. The molecule has 2 aliphatic rings. The highest BCUT2D eigenvalue weighted by Crippen LogP contribution is 2.28. The van der Waals surface area contributed by atoms with E-state index in [1.165, 1.54) is 29.7 Å². The molecule has 1 aliphatic carbocycles. The van der Waals surface area contributed by atoms with Crippen LogP contribution in [0.4, 0.5) is 5.95 Å². The average molecular weight is 400 g/mol. The van der Waals surface area contributed by atoms with Crippen molar-refractivity contribution in [3.63, 3.8) is 0 Å². The van der Waals surface area contributed by atoms with Crippen LogP contribution in [-0.4, -0.2) is 34.9 Å². The second kappa shape index (κ2) is 8.68. The van der Waals surface area contributed by atoms with Crippen LogP contribution in [0.2, 0.25) is 0 Å². The zero-order valence-electron chi connectivity index (χ0n) is 15.8. The Bertz CT molecular complexity index is 815. The summed E-state index contributed by atoms with van der Waals surface area (Å²) in [5, 5.41) is 0. The zero-order valence-corrected chi connectivity index (χ0v) is 16.6. The predicted octanol–water partition coefficient (Wildman–Crippen LogP) is 2.48. The maximum absolute atomic E-state index is 12.6. The van der Waals surface area contributed by atoms with Gasteiger partial charge in [0.05, 0.1) is 10.8 Å². The number of aryl methyl sites for hydroxylation is 2. The number of aromatic nitrogens is 2. The van der Waals surface area contributed by atoms with E-state index in [0.29, 0.717) is 17.4 Å². The maximum atomic E-state index is 12.6. The molecule has 1 fully saturated rings. The van der Waals surface area contributed by atoms with E-state index in [1.54, 1.807) is 29.8 Å². The number of nitrogens with zero attached hydrogens (tertiary/aromatic N) is 3. The van der Waals surface area contributed by atoms with Gasteiger partial charge in [-0.3, -0.25) is 20.4 Å². The minimum atomic E-state index is -0.231. The molecule has 0 radical (unpaired) electrons. The van der Waals surface area contributed by atoms with Crippen LogP contribution in [0.3, 0.4) is 0 Å². The molecule has 2 N–H and O–H groups in total. The summed E-state index contributed by atoms with van der Waals surface area (Å²) in [6, 6.07) is 3.76. The molecule has 0 spiro atoms. The normalized spacial score (nSPS) is 19.4. The van der Waals surface area contributed by atoms with Crippen LogP contribution in [0.25, 0.3) is 0 Å². The second-order valence-electron chi connectivity index (χ2n) is 7.40. The number of piperidine rings is 1. The summed E-state index contributed by atoms with van der Waals surface area (Å²) < 4.78 is 0. The van der Waals surface area contributed by atoms with E-state index in [-0.39, 0.29) is 17.7 Å². The fraction of sp³-hybridized carbons (Fsp3) is 0.500. The number of hydrazine groups is 1. The number of fused-ring (bicyclic) bond motifs is 1. The number of amides is 2. The van der Waals surface area contributed by atoms with Crippen molar-refractivity contribution in [2.24, 2.45) is 5.92 Å². The number of carbonyl (C=O) groups excluding carboxylic acids is 2. The van der Waals surface area contributed by atoms with Crippen molar-refractivity contribution in [2.45, 2.75) is 44.9 Å². The molecule has 0 saturated carbocycles. The van der Waals surface area contributed by atoms with Crippen molar-refractivity contribution < 1.29 is 9.59 Å². The van der Waals surface area contributed by atoms with E-state index < -0.39 is 0 Å². The van der Waals surface area contributed by atoms with Gasteiger partial charge in [-0.1, -0.05) is 6.42 Å². The monoisotopic (exact) mass is 399 g/mol. The van der Waals surface area contributed by atoms with Crippen LogP contribution >= 0.6 is 11.3 Å². The van der Waals surface area contributed by atoms with Crippen molar-refractivity contribution in [3.05, 3.63) is 39.8 Å². The highest BCUT2D eigenvalue weighted by molar-refractivity contribution is 7.14. The predicted molar refractivity (Wildman–Crippen MR) is 108 cm³/mol. The van der Waals surface area contributed by atoms with Crippen LogP contribution in [0, 0.1) is 5.92 Å². The number of anilines is 1. The summed E-state index contributed by atoms with van der Waals surface area (Å²) in [7, 11) is 0. The summed E-state index contributed by atoms with van der Waals surface area (Å²) >= 11 is 1.55. The molecule has 0 aromatic carbocycles. The molecular weight excluding hydrogens is 374 g/mol. The van der Waals surface area contributed by atoms with E-state index in [9.17, 15) is 9.59 Å². The molecule has 2 aromatic rings. The molecule has 3 heterocycles. The van der Waals surface area contributed by atoms with Gasteiger partial charge in [0.1, 0.15) is 0 Å². The van der Waals surface area contributed by atoms with Crippen LogP contribution in [0.15, 0.2) is 24.5 Å². The van der Waals surface area contributed by atoms with Gasteiger partial charge in [0.25, 0.3) is 5.91 Å². The number of thiophene rings is 1. The highest BCUT2D eigenvalue weighted by atomic mass is 32.1. The Balaban J connectivity index is 1.32. The third kappa shape index (κ3) is 4.32. The molecule has 4 rings (SSSR count). The largest absolute Gasteiger partial charge is 0.340 e. The molecule has 148 valence electrons. The van der Waals surface area contributed by atoms with Crippen LogP contribution in [-0.2, 0) is 17.6 Å². The first-order valence-electron chi connectivity index (χ1n) is 9.94. The van der Waals surface area contributed by atoms with E-state index in [2.05, 4.69) is 20.8 Å². The van der Waals surface area contributed by atoms with Gasteiger partial charge in [0, 0.05) is 30.4 Å². The minimum Gasteiger partial charge on any atom is -0.340 e. The van der Waals surface area contributed by atoms with Crippen molar-refractivity contribution in [2.75, 3.05) is 18.0 Å². The van der Waals surface area contributed by atoms with Gasteiger partial charge in [-0.15, -0.1) is 11.3 Å². The molecule has 1 saturated heterocycles. The summed E-state index contributed by atoms with van der Waals surface area (Å²) in [5.41, 5.74) is 6.51. The molecule has 28 heavy (non-hydrogen) atoms. The van der Waals surface area contributed by atoms with Crippen LogP contribution in [0.5, 0.6) is 0 Å². The fourth-order valence-electron chi connectivity index (χ4n) is 3.89. The lowest BCUT2D eigenvalue weighted by molar-refractivity contribution is -0.126. The van der Waals surface area contributed by atoms with Gasteiger partial charge in [0.2, 0.25) is 11.9 Å². The molecule has 2 amide bonds. The number of hydrogen-bond donors (Lipinski definition) is 2. The second-order valence-corrected chi connectivity index (χ2v) is 8.53. The summed E-state index contributed by atoms with van der Waals surface area (Å²) in [6.07, 6.45) is 10.8. The van der Waals surface area contributed by atoms with E-state index in [4.69, 9.17) is 0 Å². The summed E-state index contributed by atoms with van der Waals surface area (Å²) in [6.45, 7) is 1.39. The summed E-state index contributed by atoms with van der Waals surface area (Å²) in [4.78, 5) is 37.6. The Labute approximate surface area is 168 Å². The third-order valence-electron chi connectivity index (χ3n) is 5.40. The van der Waals surface area contributed by atoms with Gasteiger partial charge in [0.15, 0.2) is 0 Å². The van der Waals surface area contributed by atoms with Gasteiger partial charge in [-0.25, -0.2) is 9.97 Å². The summed E-state index contributed by atoms with van der Waals surface area (Å²) in [5.74, 6) is 0.0552. The molecule has 1 atom stereocenters. The molecule has 1 aliphatic heterocycles. The van der Waals surface area contributed by atoms with Crippen molar-refractivity contribution in [1.29, 1.82) is 0 Å². The lowest BCUT2D eigenvalue weighted by Gasteiger charge is -2.31. The van der Waals surface area contributed by atoms with Gasteiger partial charge in [-0.2, -0.15) is 0 Å². The van der Waals surface area contributed by atoms with Gasteiger partial charge in [-0.05, 0) is 56.2 Å². The van der Waals surface area contributed by atoms with Crippen molar-refractivity contribution in [3.8, 4) is 0 Å². The van der Waals surface area contributed by atoms with E-state index in [0.717, 1.165) is 32.2 Å². The van der Waals surface area contributed by atoms with Crippen molar-refractivity contribution in [1.82, 2.24) is 20.8 Å². The Morgan fingerprint density at radius 1 is 1.07 bits per heavy atom. The van der Waals surface area contributed by atoms with Crippen molar-refractivity contribution >= 4 is 29.1 Å². The first-order chi connectivity index (χ1) is 13.7. The Kier molecular flexibility index (Phi) is 5.85. The molecule has 0 bridgehead atoms. The fourth-order valence-corrected chi connectivity index (χ4v) is 5.04. The quantitative estimate of drug-likeness (QED) is 0.612. The SMILES string of the molecule is O=C(NNC(=O)C1CCCN(c2ncccn2)C1)c1cc2c(s1)CCCCC2. The minimum absolute atomic E-state index is 0.160. The maximum Gasteiger partial charge on any atom is 0.279 e. The zero-order chi connectivity index (χ0) is 19.3. The van der Waals surface area contributed by atoms with Crippen LogP contribution < -0.4 is 15.8 Å². The number of hydrogen-bond acceptors (Lipinski definition) is 6. The third-order valence-corrected chi connectivity index (χ3v) is 6.63. The Morgan fingerprint density at radius 2 is 1.89 bits per heavy atom. The number of carbonyl (C=O) groups is 2. The van der Waals surface area contributed by atoms with Gasteiger partial charge >= 0.3 is 0 Å². The number of rotatable bonds is 3. The molecular formula is C20H25N5O2S. The Hall–Kier alpha value is -2.48. The Morgan fingerprint density at radius 3 is 2.75 bits per heavy atom. The highest BCUT2D eigenvalue weighted by Gasteiger charge is 2.27. The van der Waals surface area contributed by atoms with E-state index >= 15 is 0 Å². The average Bonchev–Trinajstić information content (AvgIpc) is 3.03. The lowest BCUT2D eigenvalue weighted by atomic mass is 9.98. The first-order valence-corrected chi connectivity index (χ1v) is 10.8. The van der Waals surface area contributed by atoms with Crippen LogP contribution in [0.1, 0.15) is 52.2 Å². The number of nitrogens with one attached hydrogen (secondary N) is 2. The standard InChI is InChI=1S/C20H25N5O2S/c26-18(15-7-4-11-25(13-15)20-21-9-5-10-22-20)23-24-19(27)17-12-14-6-2-1-3-8-16(14)28-17/h5,9-10,12,15H,1-4,6-8,11,13H2,(H,23,26)(H,24,27). The molecule has 1 unspecified atom stereocenters. The lowest BCUT2D eigenvalue weighted by Crippen LogP contribution is -2.49.